The van der Waals surface area contributed by atoms with Crippen LogP contribution in [0.5, 0.6) is 0 Å². The highest BCUT2D eigenvalue weighted by Crippen LogP contribution is 2.42. The zero-order chi connectivity index (χ0) is 11.1. The fraction of sp³-hybridized carbons (Fsp3) is 0.571. The quantitative estimate of drug-likeness (QED) is 0.666. The van der Waals surface area contributed by atoms with Crippen molar-refractivity contribution < 1.29 is 0 Å². The normalized spacial score (nSPS) is 30.3. The van der Waals surface area contributed by atoms with E-state index in [2.05, 4.69) is 62.9 Å². The molecule has 1 saturated heterocycles. The molecule has 0 saturated carbocycles. The second-order valence-electron chi connectivity index (χ2n) is 5.71. The van der Waals surface area contributed by atoms with Crippen LogP contribution < -0.4 is 0 Å². The second kappa shape index (κ2) is 3.64. The maximum Gasteiger partial charge on any atom is 0.0304 e. The summed E-state index contributed by atoms with van der Waals surface area (Å²) in [5.74, 6) is 0. The Kier molecular flexibility index (Phi) is 2.59. The molecule has 0 aromatic heterocycles. The van der Waals surface area contributed by atoms with Crippen molar-refractivity contribution in [2.24, 2.45) is 5.41 Å². The van der Waals surface area contributed by atoms with Crippen molar-refractivity contribution in [2.45, 2.75) is 46.3 Å². The summed E-state index contributed by atoms with van der Waals surface area (Å²) >= 11 is 0. The fourth-order valence-electron chi connectivity index (χ4n) is 2.67. The summed E-state index contributed by atoms with van der Waals surface area (Å²) in [6.07, 6.45) is 0. The maximum atomic E-state index is 2.58. The average Bonchev–Trinajstić information content (AvgIpc) is 2.77. The van der Waals surface area contributed by atoms with E-state index in [9.17, 15) is 0 Å². The molecule has 1 aromatic carbocycles. The van der Waals surface area contributed by atoms with Crippen LogP contribution in [0.25, 0.3) is 0 Å². The topological polar surface area (TPSA) is 3.01 Å². The Morgan fingerprint density at radius 1 is 1.13 bits per heavy atom. The van der Waals surface area contributed by atoms with Crippen LogP contribution in [0.3, 0.4) is 0 Å². The van der Waals surface area contributed by atoms with Gasteiger partial charge in [-0.1, -0.05) is 51.1 Å². The Hall–Kier alpha value is -0.820. The van der Waals surface area contributed by atoms with Crippen LogP contribution in [-0.2, 0) is 6.54 Å². The molecule has 1 unspecified atom stereocenters. The lowest BCUT2D eigenvalue weighted by molar-refractivity contribution is 0.324. The lowest BCUT2D eigenvalue weighted by Crippen LogP contribution is -2.18. The summed E-state index contributed by atoms with van der Waals surface area (Å²) in [6, 6.07) is 12.2. The van der Waals surface area contributed by atoms with E-state index in [0.29, 0.717) is 5.41 Å². The highest BCUT2D eigenvalue weighted by atomic mass is 15.4. The molecular formula is C14H21N. The molecule has 3 atom stereocenters. The summed E-state index contributed by atoms with van der Waals surface area (Å²) in [6.45, 7) is 10.4. The molecule has 0 aliphatic carbocycles. The molecule has 1 heteroatoms. The number of nitrogens with zero attached hydrogens (tertiary/aromatic N) is 1. The van der Waals surface area contributed by atoms with Crippen molar-refractivity contribution in [3.63, 3.8) is 0 Å². The van der Waals surface area contributed by atoms with Crippen molar-refractivity contribution in [3.8, 4) is 0 Å². The van der Waals surface area contributed by atoms with Gasteiger partial charge in [0.25, 0.3) is 0 Å². The van der Waals surface area contributed by atoms with Gasteiger partial charge in [0, 0.05) is 18.6 Å². The van der Waals surface area contributed by atoms with Crippen LogP contribution in [0, 0.1) is 5.41 Å². The van der Waals surface area contributed by atoms with Gasteiger partial charge in [-0.3, -0.25) is 4.90 Å². The fourth-order valence-corrected chi connectivity index (χ4v) is 2.67. The van der Waals surface area contributed by atoms with E-state index in [4.69, 9.17) is 0 Å². The van der Waals surface area contributed by atoms with Crippen LogP contribution >= 0.6 is 0 Å². The maximum absolute atomic E-state index is 2.58. The molecule has 1 aliphatic heterocycles. The zero-order valence-electron chi connectivity index (χ0n) is 10.2. The largest absolute Gasteiger partial charge is 0.290 e. The summed E-state index contributed by atoms with van der Waals surface area (Å²) < 4.78 is 0. The molecule has 82 valence electrons. The monoisotopic (exact) mass is 203 g/mol. The molecule has 1 heterocycles. The van der Waals surface area contributed by atoms with Gasteiger partial charge in [0.05, 0.1) is 0 Å². The van der Waals surface area contributed by atoms with Crippen LogP contribution in [-0.4, -0.2) is 17.0 Å². The molecule has 15 heavy (non-hydrogen) atoms. The first-order chi connectivity index (χ1) is 7.00. The molecule has 0 amide bonds. The molecule has 0 N–H and O–H groups in total. The molecule has 1 fully saturated rings. The SMILES string of the molecule is C[C@@H]1[C@@H](C(C)(C)C)N1Cc1ccccc1. The van der Waals surface area contributed by atoms with E-state index >= 15 is 0 Å². The molecule has 0 bridgehead atoms. The Bertz CT molecular complexity index is 323. The first-order valence-corrected chi connectivity index (χ1v) is 5.80. The van der Waals surface area contributed by atoms with E-state index in [0.717, 1.165) is 18.6 Å². The number of rotatable bonds is 2. The van der Waals surface area contributed by atoms with Gasteiger partial charge in [0.2, 0.25) is 0 Å². The Labute approximate surface area is 93.1 Å². The van der Waals surface area contributed by atoms with E-state index in [1.54, 1.807) is 0 Å². The van der Waals surface area contributed by atoms with Crippen molar-refractivity contribution in [2.75, 3.05) is 0 Å². The van der Waals surface area contributed by atoms with Crippen molar-refractivity contribution in [1.82, 2.24) is 4.90 Å². The molecule has 1 aromatic rings. The highest BCUT2D eigenvalue weighted by Gasteiger charge is 2.50. The molecule has 1 nitrogen and oxygen atoms in total. The molecule has 2 rings (SSSR count). The van der Waals surface area contributed by atoms with Crippen LogP contribution in [0.1, 0.15) is 33.3 Å². The average molecular weight is 203 g/mol. The van der Waals surface area contributed by atoms with Crippen LogP contribution in [0.15, 0.2) is 30.3 Å². The lowest BCUT2D eigenvalue weighted by Gasteiger charge is -2.18. The van der Waals surface area contributed by atoms with E-state index in [1.807, 2.05) is 0 Å². The van der Waals surface area contributed by atoms with Gasteiger partial charge in [-0.2, -0.15) is 0 Å². The van der Waals surface area contributed by atoms with E-state index < -0.39 is 0 Å². The predicted octanol–water partition coefficient (Wildman–Crippen LogP) is 3.31. The Morgan fingerprint density at radius 3 is 2.20 bits per heavy atom. The molecule has 0 spiro atoms. The van der Waals surface area contributed by atoms with E-state index in [1.165, 1.54) is 5.56 Å². The van der Waals surface area contributed by atoms with Gasteiger partial charge in [-0.15, -0.1) is 0 Å². The van der Waals surface area contributed by atoms with Gasteiger partial charge < -0.3 is 0 Å². The smallest absolute Gasteiger partial charge is 0.0304 e. The second-order valence-corrected chi connectivity index (χ2v) is 5.71. The number of hydrogen-bond donors (Lipinski definition) is 0. The molecule has 0 radical (unpaired) electrons. The lowest BCUT2D eigenvalue weighted by atomic mass is 9.90. The van der Waals surface area contributed by atoms with Crippen molar-refractivity contribution in [1.29, 1.82) is 0 Å². The number of benzene rings is 1. The third-order valence-electron chi connectivity index (χ3n) is 3.34. The van der Waals surface area contributed by atoms with Crippen LogP contribution in [0.2, 0.25) is 0 Å². The summed E-state index contributed by atoms with van der Waals surface area (Å²) in [5, 5.41) is 0. The van der Waals surface area contributed by atoms with Crippen LogP contribution in [0.4, 0.5) is 0 Å². The van der Waals surface area contributed by atoms with Gasteiger partial charge in [0.1, 0.15) is 0 Å². The highest BCUT2D eigenvalue weighted by molar-refractivity contribution is 5.17. The Morgan fingerprint density at radius 2 is 1.73 bits per heavy atom. The van der Waals surface area contributed by atoms with Gasteiger partial charge in [0.15, 0.2) is 0 Å². The minimum absolute atomic E-state index is 0.411. The number of hydrogen-bond acceptors (Lipinski definition) is 1. The zero-order valence-corrected chi connectivity index (χ0v) is 10.2. The minimum atomic E-state index is 0.411. The van der Waals surface area contributed by atoms with Gasteiger partial charge >= 0.3 is 0 Å². The molecule has 1 aliphatic rings. The van der Waals surface area contributed by atoms with Crippen molar-refractivity contribution >= 4 is 0 Å². The third kappa shape index (κ3) is 2.23. The predicted molar refractivity (Wildman–Crippen MR) is 64.7 cm³/mol. The summed E-state index contributed by atoms with van der Waals surface area (Å²) in [4.78, 5) is 2.58. The van der Waals surface area contributed by atoms with Crippen molar-refractivity contribution in [3.05, 3.63) is 35.9 Å². The molecular weight excluding hydrogens is 182 g/mol. The first-order valence-electron chi connectivity index (χ1n) is 5.80. The first kappa shape index (κ1) is 10.7. The summed E-state index contributed by atoms with van der Waals surface area (Å²) in [5.41, 5.74) is 1.84. The Balaban J connectivity index is 1.99. The van der Waals surface area contributed by atoms with Gasteiger partial charge in [-0.25, -0.2) is 0 Å². The van der Waals surface area contributed by atoms with E-state index in [-0.39, 0.29) is 0 Å². The third-order valence-corrected chi connectivity index (χ3v) is 3.34. The standard InChI is InChI=1S/C14H21N/c1-11-13(14(2,3)4)15(11)10-12-8-6-5-7-9-12/h5-9,11,13H,10H2,1-4H3/t11-,13+,15?/m1/s1. The summed E-state index contributed by atoms with van der Waals surface area (Å²) in [7, 11) is 0. The minimum Gasteiger partial charge on any atom is -0.290 e. The van der Waals surface area contributed by atoms with Gasteiger partial charge in [-0.05, 0) is 17.9 Å².